The van der Waals surface area contributed by atoms with Crippen molar-refractivity contribution in [1.82, 2.24) is 5.32 Å². The van der Waals surface area contributed by atoms with Crippen LogP contribution in [0.25, 0.3) is 0 Å². The molecule has 0 saturated heterocycles. The third-order valence-electron chi connectivity index (χ3n) is 2.16. The number of alkyl halides is 3. The van der Waals surface area contributed by atoms with Crippen LogP contribution < -0.4 is 10.6 Å². The van der Waals surface area contributed by atoms with Gasteiger partial charge in [0.15, 0.2) is 0 Å². The molecule has 0 radical (unpaired) electrons. The fraction of sp³-hybridized carbons (Fsp3) is 0.308. The topological polar surface area (TPSA) is 41.1 Å². The van der Waals surface area contributed by atoms with E-state index in [0.29, 0.717) is 13.1 Å². The molecular formula is C13H13F3N2O. The maximum atomic E-state index is 12.1. The third-order valence-corrected chi connectivity index (χ3v) is 2.16. The molecule has 0 aliphatic rings. The second kappa shape index (κ2) is 6.81. The summed E-state index contributed by atoms with van der Waals surface area (Å²) < 4.78 is 36.2. The van der Waals surface area contributed by atoms with E-state index in [4.69, 9.17) is 0 Å². The molecule has 1 rings (SSSR count). The molecule has 2 N–H and O–H groups in total. The summed E-state index contributed by atoms with van der Waals surface area (Å²) in [4.78, 5) is 10.8. The average Bonchev–Trinajstić information content (AvgIpc) is 2.34. The Morgan fingerprint density at radius 1 is 1.37 bits per heavy atom. The van der Waals surface area contributed by atoms with Crippen LogP contribution in [-0.2, 0) is 11.3 Å². The Kier molecular flexibility index (Phi) is 5.39. The summed E-state index contributed by atoms with van der Waals surface area (Å²) in [5, 5.41) is 4.81. The first-order chi connectivity index (χ1) is 8.93. The van der Waals surface area contributed by atoms with Crippen molar-refractivity contribution in [1.29, 1.82) is 0 Å². The van der Waals surface area contributed by atoms with Crippen molar-refractivity contribution < 1.29 is 18.0 Å². The largest absolute Gasteiger partial charge is 0.471 e. The van der Waals surface area contributed by atoms with Crippen LogP contribution in [0.1, 0.15) is 12.5 Å². The van der Waals surface area contributed by atoms with Gasteiger partial charge in [-0.25, -0.2) is 0 Å². The molecule has 19 heavy (non-hydrogen) atoms. The minimum Gasteiger partial charge on any atom is -0.318 e. The smallest absolute Gasteiger partial charge is 0.318 e. The van der Waals surface area contributed by atoms with E-state index in [1.54, 1.807) is 24.4 Å². The lowest BCUT2D eigenvalue weighted by Gasteiger charge is -2.09. The number of nitrogens with one attached hydrogen (secondary N) is 2. The minimum atomic E-state index is -4.88. The number of hydrogen-bond donors (Lipinski definition) is 2. The highest BCUT2D eigenvalue weighted by molar-refractivity contribution is 5.94. The molecule has 0 spiro atoms. The van der Waals surface area contributed by atoms with Crippen LogP contribution in [0, 0.1) is 11.8 Å². The van der Waals surface area contributed by atoms with E-state index in [9.17, 15) is 18.0 Å². The number of rotatable bonds is 4. The first-order valence-electron chi connectivity index (χ1n) is 5.51. The molecule has 0 bridgehead atoms. The summed E-state index contributed by atoms with van der Waals surface area (Å²) in [5.41, 5.74) is 0.876. The van der Waals surface area contributed by atoms with Gasteiger partial charge >= 0.3 is 12.1 Å². The van der Waals surface area contributed by atoms with E-state index < -0.39 is 12.1 Å². The van der Waals surface area contributed by atoms with Gasteiger partial charge in [0.2, 0.25) is 0 Å². The quantitative estimate of drug-likeness (QED) is 0.651. The summed E-state index contributed by atoms with van der Waals surface area (Å²) >= 11 is 0. The summed E-state index contributed by atoms with van der Waals surface area (Å²) in [5.74, 6) is 3.54. The second-order valence-corrected chi connectivity index (χ2v) is 3.68. The fourth-order valence-electron chi connectivity index (χ4n) is 1.32. The van der Waals surface area contributed by atoms with Crippen molar-refractivity contribution in [2.24, 2.45) is 0 Å². The molecular weight excluding hydrogens is 257 g/mol. The monoisotopic (exact) mass is 270 g/mol. The summed E-state index contributed by atoms with van der Waals surface area (Å²) in [6, 6.07) is 6.21. The van der Waals surface area contributed by atoms with Gasteiger partial charge in [-0.1, -0.05) is 18.1 Å². The van der Waals surface area contributed by atoms with E-state index in [1.807, 2.05) is 0 Å². The lowest BCUT2D eigenvalue weighted by atomic mass is 10.2. The SMILES string of the molecule is CC#CCNCc1cccc(NC(=O)C(F)(F)F)c1. The molecule has 0 aromatic heterocycles. The van der Waals surface area contributed by atoms with Gasteiger partial charge in [-0.15, -0.1) is 5.92 Å². The highest BCUT2D eigenvalue weighted by Gasteiger charge is 2.38. The van der Waals surface area contributed by atoms with Gasteiger partial charge in [0.1, 0.15) is 0 Å². The standard InChI is InChI=1S/C13H13F3N2O/c1-2-3-7-17-9-10-5-4-6-11(8-10)18-12(19)13(14,15)16/h4-6,8,17H,7,9H2,1H3,(H,18,19). The number of carbonyl (C=O) groups excluding carboxylic acids is 1. The summed E-state index contributed by atoms with van der Waals surface area (Å²) in [6.07, 6.45) is -4.88. The number of hydrogen-bond acceptors (Lipinski definition) is 2. The van der Waals surface area contributed by atoms with Gasteiger partial charge in [0.05, 0.1) is 6.54 Å². The maximum absolute atomic E-state index is 12.1. The Morgan fingerprint density at radius 2 is 2.11 bits per heavy atom. The molecule has 1 amide bonds. The van der Waals surface area contributed by atoms with Gasteiger partial charge in [-0.05, 0) is 24.6 Å². The zero-order valence-corrected chi connectivity index (χ0v) is 10.3. The van der Waals surface area contributed by atoms with Crippen LogP contribution in [0.4, 0.5) is 18.9 Å². The predicted molar refractivity (Wildman–Crippen MR) is 66.3 cm³/mol. The summed E-state index contributed by atoms with van der Waals surface area (Å²) in [6.45, 7) is 2.68. The minimum absolute atomic E-state index is 0.114. The zero-order chi connectivity index (χ0) is 14.3. The van der Waals surface area contributed by atoms with Crippen LogP contribution in [0.3, 0.4) is 0 Å². The lowest BCUT2D eigenvalue weighted by Crippen LogP contribution is -2.29. The number of halogens is 3. The molecule has 1 aromatic carbocycles. The molecule has 0 heterocycles. The van der Waals surface area contributed by atoms with Gasteiger partial charge in [0.25, 0.3) is 0 Å². The number of benzene rings is 1. The highest BCUT2D eigenvalue weighted by atomic mass is 19.4. The highest BCUT2D eigenvalue weighted by Crippen LogP contribution is 2.18. The molecule has 6 heteroatoms. The Morgan fingerprint density at radius 3 is 2.74 bits per heavy atom. The van der Waals surface area contributed by atoms with Crippen molar-refractivity contribution in [3.05, 3.63) is 29.8 Å². The van der Waals surface area contributed by atoms with Crippen LogP contribution in [0.2, 0.25) is 0 Å². The maximum Gasteiger partial charge on any atom is 0.471 e. The van der Waals surface area contributed by atoms with Gasteiger partial charge in [-0.2, -0.15) is 13.2 Å². The zero-order valence-electron chi connectivity index (χ0n) is 10.3. The second-order valence-electron chi connectivity index (χ2n) is 3.68. The Hall–Kier alpha value is -2.00. The fourth-order valence-corrected chi connectivity index (χ4v) is 1.32. The molecule has 0 fully saturated rings. The van der Waals surface area contributed by atoms with E-state index in [1.165, 1.54) is 12.1 Å². The third kappa shape index (κ3) is 5.44. The Balaban J connectivity index is 2.61. The van der Waals surface area contributed by atoms with Crippen molar-refractivity contribution in [2.45, 2.75) is 19.6 Å². The summed E-state index contributed by atoms with van der Waals surface area (Å²) in [7, 11) is 0. The van der Waals surface area contributed by atoms with Crippen molar-refractivity contribution in [3.8, 4) is 11.8 Å². The van der Waals surface area contributed by atoms with E-state index in [2.05, 4.69) is 17.2 Å². The molecule has 0 atom stereocenters. The molecule has 0 saturated carbocycles. The van der Waals surface area contributed by atoms with Gasteiger partial charge < -0.3 is 10.6 Å². The molecule has 3 nitrogen and oxygen atoms in total. The van der Waals surface area contributed by atoms with Gasteiger partial charge in [-0.3, -0.25) is 4.79 Å². The number of carbonyl (C=O) groups is 1. The normalized spacial score (nSPS) is 10.5. The molecule has 0 unspecified atom stereocenters. The van der Waals surface area contributed by atoms with E-state index >= 15 is 0 Å². The van der Waals surface area contributed by atoms with Crippen LogP contribution in [-0.4, -0.2) is 18.6 Å². The van der Waals surface area contributed by atoms with E-state index in [-0.39, 0.29) is 5.69 Å². The first-order valence-corrected chi connectivity index (χ1v) is 5.51. The van der Waals surface area contributed by atoms with Gasteiger partial charge in [0, 0.05) is 12.2 Å². The van der Waals surface area contributed by atoms with Crippen molar-refractivity contribution >= 4 is 11.6 Å². The number of anilines is 1. The van der Waals surface area contributed by atoms with Crippen LogP contribution in [0.5, 0.6) is 0 Å². The predicted octanol–water partition coefficient (Wildman–Crippen LogP) is 2.30. The van der Waals surface area contributed by atoms with Crippen LogP contribution in [0.15, 0.2) is 24.3 Å². The van der Waals surface area contributed by atoms with E-state index in [0.717, 1.165) is 5.56 Å². The molecule has 1 aromatic rings. The Labute approximate surface area is 109 Å². The number of amides is 1. The lowest BCUT2D eigenvalue weighted by molar-refractivity contribution is -0.167. The van der Waals surface area contributed by atoms with Crippen molar-refractivity contribution in [2.75, 3.05) is 11.9 Å². The first kappa shape index (κ1) is 15.1. The van der Waals surface area contributed by atoms with Crippen molar-refractivity contribution in [3.63, 3.8) is 0 Å². The Bertz CT molecular complexity index is 501. The molecule has 102 valence electrons. The average molecular weight is 270 g/mol. The van der Waals surface area contributed by atoms with Crippen LogP contribution >= 0.6 is 0 Å². The molecule has 0 aliphatic carbocycles. The molecule has 0 aliphatic heterocycles.